The second-order valence-corrected chi connectivity index (χ2v) is 6.28. The largest absolute Gasteiger partial charge is 0.490 e. The zero-order chi connectivity index (χ0) is 20.7. The number of hydrogen-bond donors (Lipinski definition) is 0. The molecule has 0 saturated carbocycles. The number of aryl methyl sites for hydroxylation is 1. The second-order valence-electron chi connectivity index (χ2n) is 6.28. The molecule has 2 rings (SSSR count). The molecule has 0 radical (unpaired) electrons. The monoisotopic (exact) mass is 385 g/mol. The summed E-state index contributed by atoms with van der Waals surface area (Å²) >= 11 is 0. The van der Waals surface area contributed by atoms with Gasteiger partial charge in [-0.15, -0.1) is 0 Å². The summed E-state index contributed by atoms with van der Waals surface area (Å²) < 4.78 is 18.1. The van der Waals surface area contributed by atoms with Gasteiger partial charge in [-0.05, 0) is 57.5 Å². The lowest BCUT2D eigenvalue weighted by Gasteiger charge is -2.11. The quantitative estimate of drug-likeness (QED) is 0.372. The summed E-state index contributed by atoms with van der Waals surface area (Å²) in [6.45, 7) is 8.34. The maximum Gasteiger partial charge on any atom is 0.331 e. The van der Waals surface area contributed by atoms with Gasteiger partial charge in [-0.25, -0.2) is 4.79 Å². The first-order valence-corrected chi connectivity index (χ1v) is 9.27. The molecule has 1 aromatic heterocycles. The van der Waals surface area contributed by atoms with E-state index in [9.17, 15) is 9.59 Å². The van der Waals surface area contributed by atoms with Crippen LogP contribution in [0.4, 0.5) is 0 Å². The molecule has 0 spiro atoms. The molecule has 1 heterocycles. The minimum absolute atomic E-state index is 0.220. The van der Waals surface area contributed by atoms with Gasteiger partial charge in [-0.3, -0.25) is 4.79 Å². The highest BCUT2D eigenvalue weighted by Crippen LogP contribution is 2.29. The van der Waals surface area contributed by atoms with Crippen LogP contribution in [0.15, 0.2) is 30.3 Å². The van der Waals surface area contributed by atoms with Gasteiger partial charge in [-0.2, -0.15) is 0 Å². The average Bonchev–Trinajstić information content (AvgIpc) is 2.94. The van der Waals surface area contributed by atoms with Crippen molar-refractivity contribution in [3.8, 4) is 11.5 Å². The van der Waals surface area contributed by atoms with E-state index >= 15 is 0 Å². The number of ketones is 1. The number of ether oxygens (including phenoxy) is 3. The first kappa shape index (κ1) is 21.3. The minimum atomic E-state index is -0.578. The van der Waals surface area contributed by atoms with Crippen LogP contribution in [0.3, 0.4) is 0 Å². The Morgan fingerprint density at radius 2 is 1.71 bits per heavy atom. The van der Waals surface area contributed by atoms with Crippen molar-refractivity contribution in [2.24, 2.45) is 7.05 Å². The number of hydrogen-bond acceptors (Lipinski definition) is 5. The molecule has 28 heavy (non-hydrogen) atoms. The highest BCUT2D eigenvalue weighted by atomic mass is 16.5. The van der Waals surface area contributed by atoms with Crippen LogP contribution in [0.25, 0.3) is 6.08 Å². The Morgan fingerprint density at radius 3 is 2.32 bits per heavy atom. The lowest BCUT2D eigenvalue weighted by atomic mass is 10.1. The minimum Gasteiger partial charge on any atom is -0.490 e. The van der Waals surface area contributed by atoms with E-state index in [1.807, 2.05) is 45.4 Å². The molecular weight excluding hydrogens is 358 g/mol. The molecule has 0 bridgehead atoms. The zero-order valence-electron chi connectivity index (χ0n) is 17.1. The maximum absolute atomic E-state index is 12.3. The summed E-state index contributed by atoms with van der Waals surface area (Å²) in [4.78, 5) is 24.2. The number of esters is 1. The lowest BCUT2D eigenvalue weighted by molar-refractivity contribution is -0.136. The summed E-state index contributed by atoms with van der Waals surface area (Å²) in [5.41, 5.74) is 3.17. The fourth-order valence-electron chi connectivity index (χ4n) is 2.74. The Bertz CT molecular complexity index is 879. The van der Waals surface area contributed by atoms with Gasteiger partial charge in [0.05, 0.1) is 13.2 Å². The predicted octanol–water partition coefficient (Wildman–Crippen LogP) is 3.88. The molecule has 2 aromatic rings. The summed E-state index contributed by atoms with van der Waals surface area (Å²) in [6.07, 6.45) is 2.91. The smallest absolute Gasteiger partial charge is 0.331 e. The molecular formula is C22H27NO5. The summed E-state index contributed by atoms with van der Waals surface area (Å²) in [6, 6.07) is 7.21. The molecule has 0 amide bonds. The van der Waals surface area contributed by atoms with Crippen LogP contribution < -0.4 is 9.47 Å². The van der Waals surface area contributed by atoms with E-state index in [2.05, 4.69) is 0 Å². The van der Waals surface area contributed by atoms with Crippen molar-refractivity contribution >= 4 is 17.8 Å². The number of nitrogens with zero attached hydrogens (tertiary/aromatic N) is 1. The molecule has 0 aliphatic heterocycles. The van der Waals surface area contributed by atoms with Crippen molar-refractivity contribution in [3.63, 3.8) is 0 Å². The molecule has 6 nitrogen and oxygen atoms in total. The highest BCUT2D eigenvalue weighted by Gasteiger charge is 2.15. The first-order valence-electron chi connectivity index (χ1n) is 9.27. The Hall–Kier alpha value is -3.02. The van der Waals surface area contributed by atoms with Crippen molar-refractivity contribution in [2.45, 2.75) is 27.7 Å². The fourth-order valence-corrected chi connectivity index (χ4v) is 2.74. The molecule has 0 aliphatic rings. The van der Waals surface area contributed by atoms with E-state index in [1.165, 1.54) is 6.08 Å². The maximum atomic E-state index is 12.3. The van der Waals surface area contributed by atoms with Crippen molar-refractivity contribution in [1.29, 1.82) is 0 Å². The molecule has 0 N–H and O–H groups in total. The average molecular weight is 385 g/mol. The van der Waals surface area contributed by atoms with E-state index in [-0.39, 0.29) is 12.4 Å². The highest BCUT2D eigenvalue weighted by molar-refractivity contribution is 6.00. The van der Waals surface area contributed by atoms with Gasteiger partial charge < -0.3 is 18.8 Å². The zero-order valence-corrected chi connectivity index (χ0v) is 17.1. The van der Waals surface area contributed by atoms with E-state index in [4.69, 9.17) is 14.2 Å². The van der Waals surface area contributed by atoms with Crippen molar-refractivity contribution < 1.29 is 23.8 Å². The van der Waals surface area contributed by atoms with E-state index in [0.717, 1.165) is 17.0 Å². The van der Waals surface area contributed by atoms with Gasteiger partial charge in [0.1, 0.15) is 0 Å². The van der Waals surface area contributed by atoms with Gasteiger partial charge in [0.15, 0.2) is 18.1 Å². The lowest BCUT2D eigenvalue weighted by Crippen LogP contribution is -2.13. The molecule has 0 unspecified atom stereocenters. The van der Waals surface area contributed by atoms with Crippen LogP contribution in [0, 0.1) is 13.8 Å². The normalized spacial score (nSPS) is 10.9. The van der Waals surface area contributed by atoms with Crippen LogP contribution in [-0.4, -0.2) is 36.1 Å². The van der Waals surface area contributed by atoms with Gasteiger partial charge in [0.25, 0.3) is 0 Å². The van der Waals surface area contributed by atoms with Crippen LogP contribution in [-0.2, 0) is 16.6 Å². The van der Waals surface area contributed by atoms with Gasteiger partial charge >= 0.3 is 5.97 Å². The molecule has 0 atom stereocenters. The molecule has 1 aromatic carbocycles. The number of Topliss-reactive ketones (excluding diaryl/α,β-unsaturated/α-hetero) is 1. The third kappa shape index (κ3) is 5.25. The Morgan fingerprint density at radius 1 is 1.04 bits per heavy atom. The number of aromatic nitrogens is 1. The number of carbonyl (C=O) groups excluding carboxylic acids is 2. The topological polar surface area (TPSA) is 66.8 Å². The summed E-state index contributed by atoms with van der Waals surface area (Å²) in [5, 5.41) is 0. The third-order valence-corrected chi connectivity index (χ3v) is 4.40. The molecule has 6 heteroatoms. The van der Waals surface area contributed by atoms with Crippen LogP contribution in [0.2, 0.25) is 0 Å². The Kier molecular flexibility index (Phi) is 7.44. The van der Waals surface area contributed by atoms with E-state index in [0.29, 0.717) is 30.3 Å². The van der Waals surface area contributed by atoms with Crippen LogP contribution in [0.5, 0.6) is 11.5 Å². The van der Waals surface area contributed by atoms with Crippen molar-refractivity contribution in [3.05, 3.63) is 52.9 Å². The molecule has 0 fully saturated rings. The first-order chi connectivity index (χ1) is 13.4. The number of carbonyl (C=O) groups is 2. The van der Waals surface area contributed by atoms with Crippen LogP contribution in [0.1, 0.15) is 41.2 Å². The number of rotatable bonds is 9. The molecule has 0 saturated heterocycles. The Balaban J connectivity index is 1.98. The molecule has 150 valence electrons. The van der Waals surface area contributed by atoms with Gasteiger partial charge in [0.2, 0.25) is 5.78 Å². The van der Waals surface area contributed by atoms with Crippen LogP contribution >= 0.6 is 0 Å². The molecule has 0 aliphatic carbocycles. The van der Waals surface area contributed by atoms with Gasteiger partial charge in [-0.1, -0.05) is 6.07 Å². The predicted molar refractivity (Wildman–Crippen MR) is 108 cm³/mol. The summed E-state index contributed by atoms with van der Waals surface area (Å²) in [7, 11) is 1.89. The Labute approximate surface area is 165 Å². The van der Waals surface area contributed by atoms with E-state index in [1.54, 1.807) is 24.3 Å². The van der Waals surface area contributed by atoms with Crippen molar-refractivity contribution in [2.75, 3.05) is 19.8 Å². The number of benzene rings is 1. The second kappa shape index (κ2) is 9.78. The van der Waals surface area contributed by atoms with Gasteiger partial charge in [0, 0.05) is 30.1 Å². The SMILES string of the molecule is CCOc1ccc(/C=C/C(=O)OCC(=O)c2cc(C)n(C)c2C)cc1OCC. The standard InChI is InChI=1S/C22H27NO5/c1-6-26-20-10-8-17(13-21(20)27-7-2)9-11-22(25)28-14-19(24)18-12-15(3)23(5)16(18)4/h8-13H,6-7,14H2,1-5H3/b11-9+. The van der Waals surface area contributed by atoms with E-state index < -0.39 is 5.97 Å². The fraction of sp³-hybridized carbons (Fsp3) is 0.364. The summed E-state index contributed by atoms with van der Waals surface area (Å²) in [5.74, 6) is 0.473. The van der Waals surface area contributed by atoms with Crippen molar-refractivity contribution in [1.82, 2.24) is 4.57 Å². The third-order valence-electron chi connectivity index (χ3n) is 4.40.